The molecule has 3 N–H and O–H groups in total. The van der Waals surface area contributed by atoms with Crippen molar-refractivity contribution in [2.24, 2.45) is 23.5 Å². The molecule has 0 radical (unpaired) electrons. The monoisotopic (exact) mass is 617 g/mol. The Morgan fingerprint density at radius 1 is 1.02 bits per heavy atom. The Kier molecular flexibility index (Phi) is 18.9. The molecule has 5 amide bonds. The molecule has 2 atom stereocenters. The van der Waals surface area contributed by atoms with Gasteiger partial charge in [0.05, 0.1) is 19.1 Å². The van der Waals surface area contributed by atoms with Crippen LogP contribution in [0.25, 0.3) is 0 Å². The summed E-state index contributed by atoms with van der Waals surface area (Å²) in [5, 5.41) is 2.86. The highest BCUT2D eigenvalue weighted by Gasteiger charge is 2.36. The van der Waals surface area contributed by atoms with Gasteiger partial charge in [0.1, 0.15) is 0 Å². The SMILES string of the molecule is CC(C)C.CC[C@H](C(=O)NCC(=O)N(C)[C@H](CN(CC(=O)N1CCCC1)C(C)=O)C(C)C)C(C)(C)c1ccccc1.NC=O. The third-order valence-corrected chi connectivity index (χ3v) is 7.83. The standard InChI is InChI=1S/C29H46N4O4.C4H10.CH3NO/c1-8-24(29(5,6)23-14-10-9-11-15-23)28(37)30-18-26(35)31(7)25(21(2)3)19-33(22(4)34)20-27(36)32-16-12-13-17-32;1-4(2)3;2-1-3/h9-11,14-15,21,24-25H,8,12-13,16-20H2,1-7H3,(H,30,37);4H,1-3H3;1H,(H2,2,3)/t24-,25-;;/m1../s1. The first-order valence-electron chi connectivity index (χ1n) is 15.8. The van der Waals surface area contributed by atoms with Gasteiger partial charge in [-0.15, -0.1) is 0 Å². The fourth-order valence-electron chi connectivity index (χ4n) is 5.23. The molecule has 1 fully saturated rings. The summed E-state index contributed by atoms with van der Waals surface area (Å²) in [4.78, 5) is 64.9. The van der Waals surface area contributed by atoms with E-state index < -0.39 is 0 Å². The summed E-state index contributed by atoms with van der Waals surface area (Å²) >= 11 is 0. The summed E-state index contributed by atoms with van der Waals surface area (Å²) in [7, 11) is 1.70. The predicted octanol–water partition coefficient (Wildman–Crippen LogP) is 3.82. The van der Waals surface area contributed by atoms with E-state index in [1.807, 2.05) is 51.1 Å². The third-order valence-electron chi connectivity index (χ3n) is 7.83. The number of primary amides is 1. The van der Waals surface area contributed by atoms with Gasteiger partial charge in [-0.2, -0.15) is 0 Å². The van der Waals surface area contributed by atoms with Crippen LogP contribution in [-0.2, 0) is 29.4 Å². The van der Waals surface area contributed by atoms with Gasteiger partial charge in [-0.3, -0.25) is 24.0 Å². The van der Waals surface area contributed by atoms with E-state index in [9.17, 15) is 19.2 Å². The van der Waals surface area contributed by atoms with Gasteiger partial charge in [-0.05, 0) is 36.7 Å². The van der Waals surface area contributed by atoms with E-state index in [1.54, 1.807) is 16.8 Å². The number of likely N-dealkylation sites (N-methyl/N-ethyl adjacent to an activating group) is 1. The first kappa shape index (κ1) is 40.6. The van der Waals surface area contributed by atoms with E-state index >= 15 is 0 Å². The molecule has 1 saturated heterocycles. The molecule has 250 valence electrons. The molecule has 0 unspecified atom stereocenters. The number of nitrogens with one attached hydrogen (secondary N) is 1. The fourth-order valence-corrected chi connectivity index (χ4v) is 5.23. The predicted molar refractivity (Wildman–Crippen MR) is 176 cm³/mol. The minimum Gasteiger partial charge on any atom is -0.372 e. The molecule has 10 nitrogen and oxygen atoms in total. The van der Waals surface area contributed by atoms with Crippen LogP contribution in [0.1, 0.15) is 87.1 Å². The lowest BCUT2D eigenvalue weighted by atomic mass is 9.71. The number of amides is 5. The fraction of sp³-hybridized carbons (Fsp3) is 0.676. The van der Waals surface area contributed by atoms with Crippen LogP contribution in [0.5, 0.6) is 0 Å². The van der Waals surface area contributed by atoms with E-state index in [1.165, 1.54) is 11.8 Å². The number of carbonyl (C=O) groups is 5. The Bertz CT molecular complexity index is 1020. The molecule has 0 aliphatic carbocycles. The molecule has 1 heterocycles. The van der Waals surface area contributed by atoms with Crippen LogP contribution >= 0.6 is 0 Å². The second-order valence-electron chi connectivity index (χ2n) is 12.9. The normalized spacial score (nSPS) is 14.0. The van der Waals surface area contributed by atoms with Gasteiger partial charge in [0.15, 0.2) is 0 Å². The van der Waals surface area contributed by atoms with Crippen molar-refractivity contribution in [3.63, 3.8) is 0 Å². The van der Waals surface area contributed by atoms with E-state index in [0.29, 0.717) is 6.42 Å². The first-order valence-corrected chi connectivity index (χ1v) is 15.8. The second kappa shape index (κ2) is 20.5. The van der Waals surface area contributed by atoms with Crippen LogP contribution in [0.4, 0.5) is 0 Å². The van der Waals surface area contributed by atoms with Crippen LogP contribution in [0.3, 0.4) is 0 Å². The Balaban J connectivity index is 0.00000239. The molecule has 1 aromatic carbocycles. The molecule has 10 heteroatoms. The van der Waals surface area contributed by atoms with Gasteiger partial charge in [-0.25, -0.2) is 0 Å². The molecule has 1 aliphatic rings. The van der Waals surface area contributed by atoms with Crippen LogP contribution in [0.2, 0.25) is 0 Å². The number of hydrogen-bond donors (Lipinski definition) is 2. The zero-order valence-corrected chi connectivity index (χ0v) is 28.9. The van der Waals surface area contributed by atoms with Crippen molar-refractivity contribution in [1.82, 2.24) is 20.0 Å². The topological polar surface area (TPSA) is 133 Å². The highest BCUT2D eigenvalue weighted by molar-refractivity contribution is 5.87. The molecular formula is C34H59N5O5. The van der Waals surface area contributed by atoms with Crippen LogP contribution in [0, 0.1) is 17.8 Å². The highest BCUT2D eigenvalue weighted by Crippen LogP contribution is 2.33. The van der Waals surface area contributed by atoms with Crippen molar-refractivity contribution in [1.29, 1.82) is 0 Å². The summed E-state index contributed by atoms with van der Waals surface area (Å²) < 4.78 is 0. The van der Waals surface area contributed by atoms with E-state index in [0.717, 1.165) is 37.4 Å². The largest absolute Gasteiger partial charge is 0.372 e. The van der Waals surface area contributed by atoms with Crippen molar-refractivity contribution in [2.75, 3.05) is 39.8 Å². The van der Waals surface area contributed by atoms with Crippen LogP contribution in [0.15, 0.2) is 30.3 Å². The minimum absolute atomic E-state index is 0.0179. The molecule has 44 heavy (non-hydrogen) atoms. The number of benzene rings is 1. The maximum atomic E-state index is 13.2. The van der Waals surface area contributed by atoms with Gasteiger partial charge < -0.3 is 25.8 Å². The molecule has 2 rings (SSSR count). The lowest BCUT2D eigenvalue weighted by Gasteiger charge is -2.36. The average Bonchev–Trinajstić information content (AvgIpc) is 3.49. The summed E-state index contributed by atoms with van der Waals surface area (Å²) in [6.45, 7) is 19.7. The quantitative estimate of drug-likeness (QED) is 0.344. The molecule has 1 aliphatic heterocycles. The summed E-state index contributed by atoms with van der Waals surface area (Å²) in [6.07, 6.45) is 2.88. The van der Waals surface area contributed by atoms with Gasteiger partial charge in [0.25, 0.3) is 0 Å². The number of likely N-dealkylation sites (tertiary alicyclic amines) is 1. The minimum atomic E-state index is -0.390. The van der Waals surface area contributed by atoms with E-state index in [-0.39, 0.29) is 73.0 Å². The number of nitrogens with two attached hydrogens (primary N) is 1. The van der Waals surface area contributed by atoms with Crippen molar-refractivity contribution in [2.45, 2.75) is 93.0 Å². The van der Waals surface area contributed by atoms with Crippen molar-refractivity contribution in [3.8, 4) is 0 Å². The zero-order chi connectivity index (χ0) is 34.0. The Labute approximate surface area is 266 Å². The molecule has 1 aromatic rings. The second-order valence-corrected chi connectivity index (χ2v) is 12.9. The number of hydrogen-bond acceptors (Lipinski definition) is 5. The van der Waals surface area contributed by atoms with Gasteiger partial charge in [0, 0.05) is 44.9 Å². The summed E-state index contributed by atoms with van der Waals surface area (Å²) in [6, 6.07) is 9.65. The van der Waals surface area contributed by atoms with Crippen molar-refractivity contribution >= 4 is 30.0 Å². The van der Waals surface area contributed by atoms with Gasteiger partial charge in [0.2, 0.25) is 30.0 Å². The van der Waals surface area contributed by atoms with E-state index in [2.05, 4.69) is 45.7 Å². The van der Waals surface area contributed by atoms with E-state index in [4.69, 9.17) is 4.79 Å². The van der Waals surface area contributed by atoms with Crippen LogP contribution in [-0.4, -0.2) is 90.6 Å². The molecule has 0 bridgehead atoms. The summed E-state index contributed by atoms with van der Waals surface area (Å²) in [5.74, 6) is -0.0357. The maximum absolute atomic E-state index is 13.2. The number of nitrogens with zero attached hydrogens (tertiary/aromatic N) is 3. The highest BCUT2D eigenvalue weighted by atomic mass is 16.2. The number of rotatable bonds is 12. The first-order chi connectivity index (χ1) is 20.5. The maximum Gasteiger partial charge on any atom is 0.242 e. The molecular weight excluding hydrogens is 558 g/mol. The average molecular weight is 618 g/mol. The number of carbonyl (C=O) groups excluding carboxylic acids is 5. The third kappa shape index (κ3) is 13.9. The Morgan fingerprint density at radius 2 is 1.52 bits per heavy atom. The van der Waals surface area contributed by atoms with Gasteiger partial charge in [-0.1, -0.05) is 85.7 Å². The Morgan fingerprint density at radius 3 is 1.95 bits per heavy atom. The van der Waals surface area contributed by atoms with Gasteiger partial charge >= 0.3 is 0 Å². The lowest BCUT2D eigenvalue weighted by Crippen LogP contribution is -2.53. The molecule has 0 saturated carbocycles. The zero-order valence-electron chi connectivity index (χ0n) is 28.9. The van der Waals surface area contributed by atoms with Crippen molar-refractivity contribution < 1.29 is 24.0 Å². The Hall–Kier alpha value is -3.43. The molecule has 0 spiro atoms. The van der Waals surface area contributed by atoms with Crippen LogP contribution < -0.4 is 11.1 Å². The van der Waals surface area contributed by atoms with Crippen molar-refractivity contribution in [3.05, 3.63) is 35.9 Å². The summed E-state index contributed by atoms with van der Waals surface area (Å²) in [5.41, 5.74) is 4.85. The lowest BCUT2D eigenvalue weighted by molar-refractivity contribution is -0.141. The molecule has 0 aromatic heterocycles. The smallest absolute Gasteiger partial charge is 0.242 e.